The second-order valence-electron chi connectivity index (χ2n) is 11.3. The number of aliphatic imine (C=N–C) groups is 2. The molecule has 3 rings (SSSR count). The zero-order valence-electron chi connectivity index (χ0n) is 28.3. The molecule has 252 valence electrons. The minimum absolute atomic E-state index is 0.116. The number of aliphatic hydroxyl groups excluding tert-OH is 1. The van der Waals surface area contributed by atoms with Gasteiger partial charge in [-0.3, -0.25) is 0 Å². The van der Waals surface area contributed by atoms with Gasteiger partial charge in [0.1, 0.15) is 23.8 Å². The molecule has 1 aliphatic rings. The van der Waals surface area contributed by atoms with E-state index in [-0.39, 0.29) is 44.3 Å². The van der Waals surface area contributed by atoms with E-state index in [2.05, 4.69) is 65.2 Å². The molecule has 15 nitrogen and oxygen atoms in total. The van der Waals surface area contributed by atoms with Crippen molar-refractivity contribution in [2.45, 2.75) is 78.0 Å². The van der Waals surface area contributed by atoms with Gasteiger partial charge in [-0.25, -0.2) is 19.3 Å². The number of hydrogen-bond acceptors (Lipinski definition) is 12. The molecular formula is C30H47N10O5P. The molecule has 0 saturated carbocycles. The van der Waals surface area contributed by atoms with E-state index in [0.717, 1.165) is 6.54 Å². The molecule has 46 heavy (non-hydrogen) atoms. The minimum atomic E-state index is -1.57. The van der Waals surface area contributed by atoms with Crippen molar-refractivity contribution in [3.05, 3.63) is 5.69 Å². The monoisotopic (exact) mass is 658 g/mol. The van der Waals surface area contributed by atoms with Crippen LogP contribution in [0, 0.1) is 23.2 Å². The Kier molecular flexibility index (Phi) is 14.7. The zero-order chi connectivity index (χ0) is 33.8. The number of rotatable bonds is 16. The Morgan fingerprint density at radius 3 is 2.52 bits per heavy atom. The van der Waals surface area contributed by atoms with Gasteiger partial charge in [0.2, 0.25) is 0 Å². The summed E-state index contributed by atoms with van der Waals surface area (Å²) in [7, 11) is 5.63. The SMILES string of the molecule is CCN(C)C=Nc1nc(N=CN(C)C)c2c(C#CCOC)nn(C3CC(OP(OCCC#N)N(C(C)C)C(C)C)C(CO)O3)c2n1. The normalized spacial score (nSPS) is 19.1. The number of ether oxygens (including phenoxy) is 2. The molecule has 1 aliphatic heterocycles. The molecule has 16 heteroatoms. The standard InChI is InChI=1S/C30H47N10O5P/c1-10-38(8)20-33-30-34-28(32-19-37(6)7)27-23(13-11-15-42-9)36-39(29(27)35-30)26-17-24(25(18-41)44-26)45-46(43-16-12-14-31)40(21(2)3)22(4)5/h19-22,24-26,41H,10,12,15-18H2,1-9H3. The molecule has 0 spiro atoms. The Morgan fingerprint density at radius 1 is 1.17 bits per heavy atom. The number of fused-ring (bicyclic) bond motifs is 1. The highest BCUT2D eigenvalue weighted by atomic mass is 31.2. The van der Waals surface area contributed by atoms with Gasteiger partial charge in [0.15, 0.2) is 17.7 Å². The average molecular weight is 659 g/mol. The van der Waals surface area contributed by atoms with E-state index in [0.29, 0.717) is 29.0 Å². The molecule has 0 radical (unpaired) electrons. The lowest BCUT2D eigenvalue weighted by Crippen LogP contribution is -2.36. The van der Waals surface area contributed by atoms with Gasteiger partial charge in [-0.15, -0.1) is 0 Å². The Bertz CT molecular complexity index is 1420. The maximum Gasteiger partial charge on any atom is 0.259 e. The highest BCUT2D eigenvalue weighted by molar-refractivity contribution is 7.44. The van der Waals surface area contributed by atoms with Crippen LogP contribution in [0.5, 0.6) is 0 Å². The summed E-state index contributed by atoms with van der Waals surface area (Å²) in [6.07, 6.45) is 2.01. The molecule has 0 amide bonds. The van der Waals surface area contributed by atoms with Gasteiger partial charge < -0.3 is 33.4 Å². The third kappa shape index (κ3) is 9.86. The lowest BCUT2D eigenvalue weighted by Gasteiger charge is -2.37. The number of aromatic nitrogens is 4. The van der Waals surface area contributed by atoms with Gasteiger partial charge in [-0.05, 0) is 40.5 Å². The number of aliphatic hydroxyl groups is 1. The molecule has 3 heterocycles. The Hall–Kier alpha value is -3.27. The molecule has 1 saturated heterocycles. The van der Waals surface area contributed by atoms with Crippen LogP contribution < -0.4 is 0 Å². The molecule has 2 aromatic heterocycles. The van der Waals surface area contributed by atoms with Gasteiger partial charge >= 0.3 is 0 Å². The Morgan fingerprint density at radius 2 is 1.91 bits per heavy atom. The van der Waals surface area contributed by atoms with Gasteiger partial charge in [0.25, 0.3) is 14.5 Å². The van der Waals surface area contributed by atoms with E-state index in [4.69, 9.17) is 33.9 Å². The van der Waals surface area contributed by atoms with Gasteiger partial charge in [0.05, 0.1) is 44.5 Å². The van der Waals surface area contributed by atoms with Crippen molar-refractivity contribution in [1.29, 1.82) is 5.26 Å². The highest BCUT2D eigenvalue weighted by Crippen LogP contribution is 2.50. The predicted molar refractivity (Wildman–Crippen MR) is 178 cm³/mol. The third-order valence-electron chi connectivity index (χ3n) is 6.75. The van der Waals surface area contributed by atoms with Crippen LogP contribution in [0.25, 0.3) is 11.0 Å². The van der Waals surface area contributed by atoms with E-state index in [1.54, 1.807) is 29.4 Å². The molecule has 1 N–H and O–H groups in total. The predicted octanol–water partition coefficient (Wildman–Crippen LogP) is 3.60. The summed E-state index contributed by atoms with van der Waals surface area (Å²) in [5, 5.41) is 24.8. The summed E-state index contributed by atoms with van der Waals surface area (Å²) in [6, 6.07) is 2.35. The third-order valence-corrected chi connectivity index (χ3v) is 8.90. The quantitative estimate of drug-likeness (QED) is 0.0920. The van der Waals surface area contributed by atoms with Crippen LogP contribution in [0.4, 0.5) is 11.8 Å². The number of nitrogens with zero attached hydrogens (tertiary/aromatic N) is 10. The zero-order valence-corrected chi connectivity index (χ0v) is 29.2. The van der Waals surface area contributed by atoms with Gasteiger partial charge in [-0.2, -0.15) is 20.3 Å². The first-order valence-electron chi connectivity index (χ1n) is 15.3. The molecule has 0 aliphatic carbocycles. The maximum absolute atomic E-state index is 10.4. The van der Waals surface area contributed by atoms with Crippen molar-refractivity contribution in [2.75, 3.05) is 54.6 Å². The molecule has 2 aromatic rings. The Labute approximate surface area is 273 Å². The van der Waals surface area contributed by atoms with E-state index in [9.17, 15) is 5.11 Å². The van der Waals surface area contributed by atoms with Gasteiger partial charge in [-0.1, -0.05) is 5.92 Å². The van der Waals surface area contributed by atoms with Crippen molar-refractivity contribution in [1.82, 2.24) is 34.2 Å². The minimum Gasteiger partial charge on any atom is -0.394 e. The van der Waals surface area contributed by atoms with Crippen molar-refractivity contribution in [3.63, 3.8) is 0 Å². The second-order valence-corrected chi connectivity index (χ2v) is 12.7. The van der Waals surface area contributed by atoms with E-state index < -0.39 is 27.0 Å². The number of nitriles is 1. The average Bonchev–Trinajstić information content (AvgIpc) is 3.59. The molecule has 4 atom stereocenters. The second kappa shape index (κ2) is 18.2. The highest BCUT2D eigenvalue weighted by Gasteiger charge is 2.42. The van der Waals surface area contributed by atoms with Crippen LogP contribution in [-0.2, 0) is 18.5 Å². The van der Waals surface area contributed by atoms with Crippen LogP contribution >= 0.6 is 8.53 Å². The fourth-order valence-corrected chi connectivity index (χ4v) is 6.34. The Balaban J connectivity index is 2.12. The van der Waals surface area contributed by atoms with E-state index >= 15 is 0 Å². The van der Waals surface area contributed by atoms with Crippen LogP contribution in [0.15, 0.2) is 9.98 Å². The first-order valence-corrected chi connectivity index (χ1v) is 16.4. The van der Waals surface area contributed by atoms with Crippen molar-refractivity contribution >= 4 is 44.0 Å². The maximum atomic E-state index is 10.4. The van der Waals surface area contributed by atoms with E-state index in [1.807, 2.05) is 33.0 Å². The largest absolute Gasteiger partial charge is 0.394 e. The fourth-order valence-electron chi connectivity index (χ4n) is 4.58. The smallest absolute Gasteiger partial charge is 0.259 e. The summed E-state index contributed by atoms with van der Waals surface area (Å²) < 4.78 is 28.0. The molecule has 0 aromatic carbocycles. The van der Waals surface area contributed by atoms with Crippen molar-refractivity contribution in [2.24, 2.45) is 9.98 Å². The molecule has 4 unspecified atom stereocenters. The van der Waals surface area contributed by atoms with Crippen LogP contribution in [0.1, 0.15) is 59.4 Å². The fraction of sp³-hybridized carbons (Fsp3) is 0.667. The number of hydrogen-bond donors (Lipinski definition) is 1. The summed E-state index contributed by atoms with van der Waals surface area (Å²) >= 11 is 0. The summed E-state index contributed by atoms with van der Waals surface area (Å²) in [4.78, 5) is 22.2. The molecule has 0 bridgehead atoms. The summed E-state index contributed by atoms with van der Waals surface area (Å²) in [5.74, 6) is 6.58. The van der Waals surface area contributed by atoms with Crippen LogP contribution in [0.2, 0.25) is 0 Å². The van der Waals surface area contributed by atoms with Crippen molar-refractivity contribution < 1.29 is 23.6 Å². The molecule has 1 fully saturated rings. The molecular weight excluding hydrogens is 611 g/mol. The van der Waals surface area contributed by atoms with Crippen molar-refractivity contribution in [3.8, 4) is 17.9 Å². The summed E-state index contributed by atoms with van der Waals surface area (Å²) in [6.45, 7) is 11.2. The first-order chi connectivity index (χ1) is 22.0. The van der Waals surface area contributed by atoms with Gasteiger partial charge in [0, 0.05) is 53.3 Å². The lowest BCUT2D eigenvalue weighted by atomic mass is 10.2. The topological polar surface area (TPSA) is 159 Å². The first kappa shape index (κ1) is 37.2. The van der Waals surface area contributed by atoms with E-state index in [1.165, 1.54) is 0 Å². The number of methoxy groups -OCH3 is 1. The lowest BCUT2D eigenvalue weighted by molar-refractivity contribution is -0.0451. The van der Waals surface area contributed by atoms with Crippen LogP contribution in [-0.4, -0.2) is 131 Å². The van der Waals surface area contributed by atoms with Crippen LogP contribution in [0.3, 0.4) is 0 Å². The summed E-state index contributed by atoms with van der Waals surface area (Å²) in [5.41, 5.74) is 0.829.